The third kappa shape index (κ3) is 3.80. The molecule has 0 aliphatic rings. The first-order chi connectivity index (χ1) is 9.91. The minimum Gasteiger partial charge on any atom is -0.457 e. The fourth-order valence-corrected chi connectivity index (χ4v) is 2.50. The summed E-state index contributed by atoms with van der Waals surface area (Å²) in [4.78, 5) is 0.213. The fourth-order valence-electron chi connectivity index (χ4n) is 1.86. The standard InChI is InChI=1S/C15H16FNO3S/c1-17-10-13-14(16)4-3-5-15(13)20-11-6-8-12(9-7-11)21(2,18)19/h3-9,17H,10H2,1-2H3. The Labute approximate surface area is 123 Å². The maximum atomic E-state index is 13.8. The molecule has 6 heteroatoms. The molecule has 0 aromatic heterocycles. The lowest BCUT2D eigenvalue weighted by Gasteiger charge is -2.12. The monoisotopic (exact) mass is 309 g/mol. The maximum Gasteiger partial charge on any atom is 0.175 e. The van der Waals surface area contributed by atoms with Gasteiger partial charge >= 0.3 is 0 Å². The summed E-state index contributed by atoms with van der Waals surface area (Å²) in [6.07, 6.45) is 1.14. The van der Waals surface area contributed by atoms with Crippen LogP contribution in [0.2, 0.25) is 0 Å². The van der Waals surface area contributed by atoms with Crippen molar-refractivity contribution < 1.29 is 17.5 Å². The van der Waals surface area contributed by atoms with Crippen LogP contribution in [-0.2, 0) is 16.4 Å². The van der Waals surface area contributed by atoms with Gasteiger partial charge in [-0.05, 0) is 43.4 Å². The molecule has 0 aliphatic heterocycles. The number of rotatable bonds is 5. The average molecular weight is 309 g/mol. The number of sulfone groups is 1. The number of hydrogen-bond acceptors (Lipinski definition) is 4. The van der Waals surface area contributed by atoms with Crippen molar-refractivity contribution in [3.05, 3.63) is 53.8 Å². The molecule has 0 atom stereocenters. The summed E-state index contributed by atoms with van der Waals surface area (Å²) >= 11 is 0. The van der Waals surface area contributed by atoms with E-state index in [0.29, 0.717) is 23.6 Å². The van der Waals surface area contributed by atoms with E-state index in [1.54, 1.807) is 31.3 Å². The molecule has 0 bridgehead atoms. The van der Waals surface area contributed by atoms with Gasteiger partial charge in [0.15, 0.2) is 9.84 Å². The number of nitrogens with one attached hydrogen (secondary N) is 1. The van der Waals surface area contributed by atoms with E-state index < -0.39 is 9.84 Å². The van der Waals surface area contributed by atoms with Crippen LogP contribution in [0.4, 0.5) is 4.39 Å². The second kappa shape index (κ2) is 6.24. The lowest BCUT2D eigenvalue weighted by Crippen LogP contribution is -2.08. The summed E-state index contributed by atoms with van der Waals surface area (Å²) < 4.78 is 42.2. The van der Waals surface area contributed by atoms with Gasteiger partial charge in [0, 0.05) is 18.4 Å². The maximum absolute atomic E-state index is 13.8. The Bertz CT molecular complexity index is 727. The zero-order chi connectivity index (χ0) is 15.5. The van der Waals surface area contributed by atoms with Crippen molar-refractivity contribution in [1.82, 2.24) is 5.32 Å². The molecule has 1 N–H and O–H groups in total. The molecule has 2 rings (SSSR count). The molecule has 0 unspecified atom stereocenters. The van der Waals surface area contributed by atoms with E-state index in [9.17, 15) is 12.8 Å². The van der Waals surface area contributed by atoms with E-state index in [-0.39, 0.29) is 10.7 Å². The Morgan fingerprint density at radius 1 is 1.14 bits per heavy atom. The summed E-state index contributed by atoms with van der Waals surface area (Å²) in [5.74, 6) is 0.497. The third-order valence-electron chi connectivity index (χ3n) is 2.91. The van der Waals surface area contributed by atoms with E-state index in [4.69, 9.17) is 4.74 Å². The van der Waals surface area contributed by atoms with Crippen LogP contribution in [-0.4, -0.2) is 21.7 Å². The van der Waals surface area contributed by atoms with Crippen molar-refractivity contribution in [3.8, 4) is 11.5 Å². The lowest BCUT2D eigenvalue weighted by molar-refractivity contribution is 0.464. The van der Waals surface area contributed by atoms with Gasteiger partial charge in [0.05, 0.1) is 4.90 Å². The molecule has 0 radical (unpaired) electrons. The van der Waals surface area contributed by atoms with Crippen molar-refractivity contribution in [3.63, 3.8) is 0 Å². The van der Waals surface area contributed by atoms with Gasteiger partial charge in [-0.25, -0.2) is 12.8 Å². The predicted octanol–water partition coefficient (Wildman–Crippen LogP) is 2.74. The smallest absolute Gasteiger partial charge is 0.175 e. The molecule has 0 amide bonds. The summed E-state index contributed by atoms with van der Waals surface area (Å²) in [5.41, 5.74) is 0.423. The van der Waals surface area contributed by atoms with Crippen molar-refractivity contribution in [2.24, 2.45) is 0 Å². The van der Waals surface area contributed by atoms with Crippen LogP contribution < -0.4 is 10.1 Å². The van der Waals surface area contributed by atoms with Crippen LogP contribution in [0.25, 0.3) is 0 Å². The first-order valence-corrected chi connectivity index (χ1v) is 8.21. The van der Waals surface area contributed by atoms with E-state index >= 15 is 0 Å². The van der Waals surface area contributed by atoms with Gasteiger partial charge in [-0.3, -0.25) is 0 Å². The topological polar surface area (TPSA) is 55.4 Å². The largest absolute Gasteiger partial charge is 0.457 e. The summed E-state index contributed by atoms with van der Waals surface area (Å²) in [5, 5.41) is 2.88. The first-order valence-electron chi connectivity index (χ1n) is 6.32. The van der Waals surface area contributed by atoms with E-state index in [1.807, 2.05) is 0 Å². The quantitative estimate of drug-likeness (QED) is 0.922. The van der Waals surface area contributed by atoms with Crippen LogP contribution in [0.3, 0.4) is 0 Å². The average Bonchev–Trinajstić information content (AvgIpc) is 2.42. The van der Waals surface area contributed by atoms with Crippen molar-refractivity contribution in [2.45, 2.75) is 11.4 Å². The number of halogens is 1. The van der Waals surface area contributed by atoms with Crippen molar-refractivity contribution >= 4 is 9.84 Å². The Kier molecular flexibility index (Phi) is 4.59. The number of hydrogen-bond donors (Lipinski definition) is 1. The Morgan fingerprint density at radius 3 is 2.38 bits per heavy atom. The Balaban J connectivity index is 2.28. The van der Waals surface area contributed by atoms with Gasteiger partial charge in [-0.1, -0.05) is 6.07 Å². The van der Waals surface area contributed by atoms with Gasteiger partial charge in [-0.2, -0.15) is 0 Å². The minimum atomic E-state index is -3.24. The molecule has 112 valence electrons. The lowest BCUT2D eigenvalue weighted by atomic mass is 10.2. The van der Waals surface area contributed by atoms with Crippen LogP contribution >= 0.6 is 0 Å². The molecular formula is C15H16FNO3S. The van der Waals surface area contributed by atoms with E-state index in [2.05, 4.69) is 5.32 Å². The van der Waals surface area contributed by atoms with Crippen LogP contribution in [0.15, 0.2) is 47.4 Å². The van der Waals surface area contributed by atoms with E-state index in [0.717, 1.165) is 6.26 Å². The molecule has 21 heavy (non-hydrogen) atoms. The molecule has 0 saturated heterocycles. The molecule has 0 fully saturated rings. The SMILES string of the molecule is CNCc1c(F)cccc1Oc1ccc(S(C)(=O)=O)cc1. The predicted molar refractivity (Wildman–Crippen MR) is 78.8 cm³/mol. The molecule has 2 aromatic rings. The highest BCUT2D eigenvalue weighted by molar-refractivity contribution is 7.90. The first kappa shape index (κ1) is 15.5. The van der Waals surface area contributed by atoms with E-state index in [1.165, 1.54) is 18.2 Å². The van der Waals surface area contributed by atoms with Crippen LogP contribution in [0, 0.1) is 5.82 Å². The minimum absolute atomic E-state index is 0.213. The third-order valence-corrected chi connectivity index (χ3v) is 4.04. The summed E-state index contributed by atoms with van der Waals surface area (Å²) in [6.45, 7) is 0.337. The normalized spacial score (nSPS) is 11.4. The second-order valence-corrected chi connectivity index (χ2v) is 6.61. The summed E-state index contributed by atoms with van der Waals surface area (Å²) in [7, 11) is -1.52. The van der Waals surface area contributed by atoms with Gasteiger partial charge in [0.2, 0.25) is 0 Å². The molecular weight excluding hydrogens is 293 g/mol. The highest BCUT2D eigenvalue weighted by Gasteiger charge is 2.11. The molecule has 0 heterocycles. The molecule has 0 saturated carbocycles. The zero-order valence-electron chi connectivity index (χ0n) is 11.8. The molecule has 4 nitrogen and oxygen atoms in total. The van der Waals surface area contributed by atoms with Gasteiger partial charge in [-0.15, -0.1) is 0 Å². The second-order valence-electron chi connectivity index (χ2n) is 4.59. The Morgan fingerprint density at radius 2 is 1.81 bits per heavy atom. The summed E-state index contributed by atoms with van der Waals surface area (Å²) in [6, 6.07) is 10.6. The molecule has 2 aromatic carbocycles. The van der Waals surface area contributed by atoms with Gasteiger partial charge in [0.1, 0.15) is 17.3 Å². The fraction of sp³-hybridized carbons (Fsp3) is 0.200. The van der Waals surface area contributed by atoms with Gasteiger partial charge in [0.25, 0.3) is 0 Å². The Hall–Kier alpha value is -1.92. The van der Waals surface area contributed by atoms with Gasteiger partial charge < -0.3 is 10.1 Å². The number of ether oxygens (including phenoxy) is 1. The number of benzene rings is 2. The van der Waals surface area contributed by atoms with Crippen LogP contribution in [0.1, 0.15) is 5.56 Å². The molecule has 0 spiro atoms. The van der Waals surface area contributed by atoms with Crippen LogP contribution in [0.5, 0.6) is 11.5 Å². The van der Waals surface area contributed by atoms with Crippen molar-refractivity contribution in [1.29, 1.82) is 0 Å². The zero-order valence-corrected chi connectivity index (χ0v) is 12.6. The highest BCUT2D eigenvalue weighted by Crippen LogP contribution is 2.27. The molecule has 0 aliphatic carbocycles. The highest BCUT2D eigenvalue weighted by atomic mass is 32.2. The van der Waals surface area contributed by atoms with Crippen molar-refractivity contribution in [2.75, 3.05) is 13.3 Å².